The van der Waals surface area contributed by atoms with E-state index in [0.717, 1.165) is 13.0 Å². The van der Waals surface area contributed by atoms with Crippen molar-refractivity contribution in [1.82, 2.24) is 0 Å². The average molecular weight is 184 g/mol. The first-order chi connectivity index (χ1) is 6.10. The Morgan fingerprint density at radius 2 is 2.15 bits per heavy atom. The molecule has 1 aliphatic heterocycles. The molecule has 0 N–H and O–H groups in total. The van der Waals surface area contributed by atoms with Gasteiger partial charge < -0.3 is 9.47 Å². The van der Waals surface area contributed by atoms with Gasteiger partial charge in [-0.05, 0) is 12.8 Å². The summed E-state index contributed by atoms with van der Waals surface area (Å²) < 4.78 is 10.6. The molecule has 0 spiro atoms. The highest BCUT2D eigenvalue weighted by atomic mass is 16.6. The van der Waals surface area contributed by atoms with Crippen LogP contribution in [0.2, 0.25) is 0 Å². The molecule has 0 aromatic carbocycles. The molecule has 0 amide bonds. The molecular weight excluding hydrogens is 164 g/mol. The van der Waals surface area contributed by atoms with Gasteiger partial charge in [0.15, 0.2) is 0 Å². The lowest BCUT2D eigenvalue weighted by Gasteiger charge is -2.06. The van der Waals surface area contributed by atoms with E-state index in [-0.39, 0.29) is 5.60 Å². The molecule has 1 aliphatic rings. The van der Waals surface area contributed by atoms with Gasteiger partial charge in [-0.1, -0.05) is 26.0 Å². The van der Waals surface area contributed by atoms with Gasteiger partial charge in [-0.15, -0.1) is 0 Å². The van der Waals surface area contributed by atoms with Crippen LogP contribution in [0, 0.1) is 5.92 Å². The molecule has 2 atom stereocenters. The summed E-state index contributed by atoms with van der Waals surface area (Å²) in [6.45, 7) is 7.23. The van der Waals surface area contributed by atoms with Crippen molar-refractivity contribution in [2.24, 2.45) is 5.92 Å². The lowest BCUT2D eigenvalue weighted by Crippen LogP contribution is -2.13. The molecule has 0 radical (unpaired) electrons. The SMILES string of the molecule is COCCC1(C=CC(C)C)OC1C. The van der Waals surface area contributed by atoms with Crippen LogP contribution in [0.1, 0.15) is 27.2 Å². The highest BCUT2D eigenvalue weighted by molar-refractivity contribution is 5.15. The second-order valence-corrected chi connectivity index (χ2v) is 4.06. The topological polar surface area (TPSA) is 21.8 Å². The molecule has 2 heteroatoms. The van der Waals surface area contributed by atoms with E-state index in [1.54, 1.807) is 7.11 Å². The highest BCUT2D eigenvalue weighted by Crippen LogP contribution is 2.41. The van der Waals surface area contributed by atoms with Gasteiger partial charge in [0.2, 0.25) is 0 Å². The Kier molecular flexibility index (Phi) is 3.51. The Hall–Kier alpha value is -0.340. The predicted molar refractivity (Wildman–Crippen MR) is 53.7 cm³/mol. The van der Waals surface area contributed by atoms with Crippen LogP contribution in [-0.2, 0) is 9.47 Å². The van der Waals surface area contributed by atoms with Crippen LogP contribution < -0.4 is 0 Å². The molecule has 1 heterocycles. The zero-order valence-electron chi connectivity index (χ0n) is 9.04. The number of hydrogen-bond acceptors (Lipinski definition) is 2. The van der Waals surface area contributed by atoms with E-state index < -0.39 is 0 Å². The maximum absolute atomic E-state index is 5.59. The van der Waals surface area contributed by atoms with E-state index >= 15 is 0 Å². The Labute approximate surface area is 80.9 Å². The number of allylic oxidation sites excluding steroid dienone is 1. The van der Waals surface area contributed by atoms with Crippen molar-refractivity contribution in [2.75, 3.05) is 13.7 Å². The smallest absolute Gasteiger partial charge is 0.115 e. The minimum absolute atomic E-state index is 0.0136. The number of ether oxygens (including phenoxy) is 2. The molecule has 0 aromatic heterocycles. The summed E-state index contributed by atoms with van der Waals surface area (Å²) in [5.41, 5.74) is -0.0136. The summed E-state index contributed by atoms with van der Waals surface area (Å²) in [7, 11) is 1.73. The molecule has 13 heavy (non-hydrogen) atoms. The van der Waals surface area contributed by atoms with Gasteiger partial charge in [-0.25, -0.2) is 0 Å². The van der Waals surface area contributed by atoms with Crippen molar-refractivity contribution < 1.29 is 9.47 Å². The first-order valence-electron chi connectivity index (χ1n) is 4.97. The van der Waals surface area contributed by atoms with Gasteiger partial charge in [0.05, 0.1) is 6.10 Å². The van der Waals surface area contributed by atoms with E-state index in [1.165, 1.54) is 0 Å². The van der Waals surface area contributed by atoms with Crippen LogP contribution in [0.25, 0.3) is 0 Å². The fraction of sp³-hybridized carbons (Fsp3) is 0.818. The number of methoxy groups -OCH3 is 1. The third-order valence-corrected chi connectivity index (χ3v) is 2.49. The third-order valence-electron chi connectivity index (χ3n) is 2.49. The summed E-state index contributed by atoms with van der Waals surface area (Å²) >= 11 is 0. The largest absolute Gasteiger partial charge is 0.385 e. The Morgan fingerprint density at radius 1 is 1.54 bits per heavy atom. The van der Waals surface area contributed by atoms with E-state index in [0.29, 0.717) is 12.0 Å². The highest BCUT2D eigenvalue weighted by Gasteiger charge is 2.50. The van der Waals surface area contributed by atoms with E-state index in [2.05, 4.69) is 32.9 Å². The first kappa shape index (κ1) is 10.7. The summed E-state index contributed by atoms with van der Waals surface area (Å²) in [5, 5.41) is 0. The van der Waals surface area contributed by atoms with Crippen LogP contribution in [0.3, 0.4) is 0 Å². The fourth-order valence-electron chi connectivity index (χ4n) is 1.43. The molecule has 2 nitrogen and oxygen atoms in total. The summed E-state index contributed by atoms with van der Waals surface area (Å²) in [5.74, 6) is 0.593. The summed E-state index contributed by atoms with van der Waals surface area (Å²) in [6, 6.07) is 0. The minimum Gasteiger partial charge on any atom is -0.385 e. The molecule has 0 saturated carbocycles. The van der Waals surface area contributed by atoms with Gasteiger partial charge in [-0.2, -0.15) is 0 Å². The molecule has 1 rings (SSSR count). The molecule has 2 unspecified atom stereocenters. The van der Waals surface area contributed by atoms with Gasteiger partial charge in [-0.3, -0.25) is 0 Å². The normalized spacial score (nSPS) is 33.2. The van der Waals surface area contributed by atoms with Crippen LogP contribution in [0.4, 0.5) is 0 Å². The zero-order chi connectivity index (χ0) is 9.90. The molecule has 0 bridgehead atoms. The number of epoxide rings is 1. The molecule has 0 aromatic rings. The Balaban J connectivity index is 2.42. The predicted octanol–water partition coefficient (Wildman–Crippen LogP) is 2.39. The quantitative estimate of drug-likeness (QED) is 0.483. The number of hydrogen-bond donors (Lipinski definition) is 0. The van der Waals surface area contributed by atoms with Crippen molar-refractivity contribution in [3.8, 4) is 0 Å². The lowest BCUT2D eigenvalue weighted by atomic mass is 10.00. The van der Waals surface area contributed by atoms with Gasteiger partial charge >= 0.3 is 0 Å². The second-order valence-electron chi connectivity index (χ2n) is 4.06. The fourth-order valence-corrected chi connectivity index (χ4v) is 1.43. The molecule has 1 saturated heterocycles. The van der Waals surface area contributed by atoms with Gasteiger partial charge in [0.1, 0.15) is 5.60 Å². The molecular formula is C11H20O2. The maximum atomic E-state index is 5.59. The molecule has 76 valence electrons. The van der Waals surface area contributed by atoms with Crippen molar-refractivity contribution in [3.05, 3.63) is 12.2 Å². The van der Waals surface area contributed by atoms with Crippen molar-refractivity contribution >= 4 is 0 Å². The third kappa shape index (κ3) is 2.82. The van der Waals surface area contributed by atoms with Crippen molar-refractivity contribution in [2.45, 2.75) is 38.9 Å². The average Bonchev–Trinajstić information content (AvgIpc) is 2.71. The van der Waals surface area contributed by atoms with Crippen LogP contribution >= 0.6 is 0 Å². The minimum atomic E-state index is -0.0136. The van der Waals surface area contributed by atoms with Crippen LogP contribution in [0.5, 0.6) is 0 Å². The standard InChI is InChI=1S/C11H20O2/c1-9(2)5-6-11(7-8-12-4)10(3)13-11/h5-6,9-10H,7-8H2,1-4H3. The second kappa shape index (κ2) is 4.25. The monoisotopic (exact) mass is 184 g/mol. The van der Waals surface area contributed by atoms with E-state index in [4.69, 9.17) is 9.47 Å². The zero-order valence-corrected chi connectivity index (χ0v) is 9.04. The summed E-state index contributed by atoms with van der Waals surface area (Å²) in [4.78, 5) is 0. The van der Waals surface area contributed by atoms with Crippen molar-refractivity contribution in [1.29, 1.82) is 0 Å². The lowest BCUT2D eigenvalue weighted by molar-refractivity contribution is 0.171. The van der Waals surface area contributed by atoms with E-state index in [9.17, 15) is 0 Å². The Morgan fingerprint density at radius 3 is 2.54 bits per heavy atom. The Bertz CT molecular complexity index is 187. The number of rotatable bonds is 5. The van der Waals surface area contributed by atoms with Crippen molar-refractivity contribution in [3.63, 3.8) is 0 Å². The van der Waals surface area contributed by atoms with Gasteiger partial charge in [0, 0.05) is 20.1 Å². The van der Waals surface area contributed by atoms with Gasteiger partial charge in [0.25, 0.3) is 0 Å². The maximum Gasteiger partial charge on any atom is 0.115 e. The molecule has 0 aliphatic carbocycles. The summed E-state index contributed by atoms with van der Waals surface area (Å²) in [6.07, 6.45) is 5.73. The first-order valence-corrected chi connectivity index (χ1v) is 4.97. The van der Waals surface area contributed by atoms with Crippen LogP contribution in [0.15, 0.2) is 12.2 Å². The molecule has 1 fully saturated rings. The van der Waals surface area contributed by atoms with Crippen LogP contribution in [-0.4, -0.2) is 25.4 Å². The van der Waals surface area contributed by atoms with E-state index in [1.807, 2.05) is 0 Å².